The third-order valence-electron chi connectivity index (χ3n) is 3.67. The zero-order valence-electron chi connectivity index (χ0n) is 12.5. The molecule has 2 aromatic heterocycles. The topological polar surface area (TPSA) is 68.0 Å². The van der Waals surface area contributed by atoms with Crippen LogP contribution in [0.5, 0.6) is 0 Å². The molecule has 0 saturated carbocycles. The second kappa shape index (κ2) is 7.36. The molecule has 2 rings (SSSR count). The molecule has 5 nitrogen and oxygen atoms in total. The van der Waals surface area contributed by atoms with Gasteiger partial charge in [-0.25, -0.2) is 9.48 Å². The average molecular weight is 307 g/mol. The molecule has 2 aromatic rings. The highest BCUT2D eigenvalue weighted by molar-refractivity contribution is 7.13. The maximum Gasteiger partial charge on any atom is 0.358 e. The first-order valence-corrected chi connectivity index (χ1v) is 8.25. The molecule has 0 aliphatic heterocycles. The van der Waals surface area contributed by atoms with E-state index in [2.05, 4.69) is 24.2 Å². The zero-order chi connectivity index (χ0) is 15.2. The number of hydrogen-bond donors (Lipinski definition) is 1. The summed E-state index contributed by atoms with van der Waals surface area (Å²) >= 11 is 1.51. The van der Waals surface area contributed by atoms with E-state index in [-0.39, 0.29) is 5.69 Å². The van der Waals surface area contributed by atoms with Crippen LogP contribution in [0.3, 0.4) is 0 Å². The van der Waals surface area contributed by atoms with Crippen LogP contribution >= 0.6 is 11.3 Å². The fraction of sp³-hybridized carbons (Fsp3) is 0.533. The molecule has 6 heteroatoms. The van der Waals surface area contributed by atoms with Gasteiger partial charge in [-0.2, -0.15) is 0 Å². The van der Waals surface area contributed by atoms with E-state index in [0.717, 1.165) is 24.3 Å². The molecule has 1 N–H and O–H groups in total. The van der Waals surface area contributed by atoms with E-state index < -0.39 is 5.97 Å². The third-order valence-corrected chi connectivity index (χ3v) is 4.54. The molecule has 0 aliphatic carbocycles. The van der Waals surface area contributed by atoms with Gasteiger partial charge in [-0.3, -0.25) is 0 Å². The quantitative estimate of drug-likeness (QED) is 0.802. The SMILES string of the molecule is CCCCC(CC)Cn1nnc(C(=O)O)c1-c1cccs1. The molecule has 21 heavy (non-hydrogen) atoms. The molecule has 0 radical (unpaired) electrons. The fourth-order valence-electron chi connectivity index (χ4n) is 2.40. The van der Waals surface area contributed by atoms with Crippen LogP contribution in [0.25, 0.3) is 10.6 Å². The lowest BCUT2D eigenvalue weighted by Crippen LogP contribution is -2.13. The number of hydrogen-bond acceptors (Lipinski definition) is 4. The van der Waals surface area contributed by atoms with Gasteiger partial charge in [0.15, 0.2) is 5.69 Å². The van der Waals surface area contributed by atoms with Gasteiger partial charge in [0.2, 0.25) is 0 Å². The average Bonchev–Trinajstić information content (AvgIpc) is 3.11. The molecule has 2 heterocycles. The standard InChI is InChI=1S/C15H21N3O2S/c1-3-5-7-11(4-2)10-18-14(12-8-6-9-21-12)13(15(19)20)16-17-18/h6,8-9,11H,3-5,7,10H2,1-2H3,(H,19,20). The maximum atomic E-state index is 11.3. The van der Waals surface area contributed by atoms with E-state index in [9.17, 15) is 9.90 Å². The van der Waals surface area contributed by atoms with E-state index in [0.29, 0.717) is 11.6 Å². The molecule has 0 amide bonds. The Morgan fingerprint density at radius 3 is 2.86 bits per heavy atom. The lowest BCUT2D eigenvalue weighted by molar-refractivity contribution is 0.0691. The highest BCUT2D eigenvalue weighted by Gasteiger charge is 2.22. The van der Waals surface area contributed by atoms with Crippen LogP contribution in [-0.2, 0) is 6.54 Å². The number of carbonyl (C=O) groups is 1. The van der Waals surface area contributed by atoms with Gasteiger partial charge in [-0.15, -0.1) is 16.4 Å². The van der Waals surface area contributed by atoms with Crippen LogP contribution in [-0.4, -0.2) is 26.1 Å². The van der Waals surface area contributed by atoms with Crippen molar-refractivity contribution in [2.45, 2.75) is 46.1 Å². The summed E-state index contributed by atoms with van der Waals surface area (Å²) in [6.07, 6.45) is 4.56. The van der Waals surface area contributed by atoms with Gasteiger partial charge in [-0.1, -0.05) is 44.4 Å². The number of aromatic carboxylic acids is 1. The van der Waals surface area contributed by atoms with Gasteiger partial charge < -0.3 is 5.11 Å². The van der Waals surface area contributed by atoms with Gasteiger partial charge in [0.05, 0.1) is 4.88 Å². The van der Waals surface area contributed by atoms with Crippen LogP contribution in [0.15, 0.2) is 17.5 Å². The fourth-order valence-corrected chi connectivity index (χ4v) is 3.18. The Kier molecular flexibility index (Phi) is 5.50. The Balaban J connectivity index is 2.29. The van der Waals surface area contributed by atoms with Gasteiger partial charge in [-0.05, 0) is 23.8 Å². The van der Waals surface area contributed by atoms with E-state index in [1.165, 1.54) is 24.2 Å². The van der Waals surface area contributed by atoms with Crippen molar-refractivity contribution in [2.75, 3.05) is 0 Å². The number of carboxylic acids is 1. The number of aromatic nitrogens is 3. The largest absolute Gasteiger partial charge is 0.476 e. The summed E-state index contributed by atoms with van der Waals surface area (Å²) in [5.41, 5.74) is 0.676. The molecule has 1 atom stereocenters. The van der Waals surface area contributed by atoms with Crippen LogP contribution in [0.2, 0.25) is 0 Å². The molecule has 114 valence electrons. The molecule has 0 aliphatic rings. The molecule has 1 unspecified atom stereocenters. The van der Waals surface area contributed by atoms with Crippen LogP contribution < -0.4 is 0 Å². The van der Waals surface area contributed by atoms with Gasteiger partial charge >= 0.3 is 5.97 Å². The molecule has 0 bridgehead atoms. The minimum absolute atomic E-state index is 0.0443. The second-order valence-electron chi connectivity index (χ2n) is 5.17. The smallest absolute Gasteiger partial charge is 0.358 e. The first-order chi connectivity index (χ1) is 10.2. The Hall–Kier alpha value is -1.69. The first-order valence-electron chi connectivity index (χ1n) is 7.38. The number of nitrogens with zero attached hydrogens (tertiary/aromatic N) is 3. The lowest BCUT2D eigenvalue weighted by atomic mass is 9.99. The zero-order valence-corrected chi connectivity index (χ0v) is 13.3. The minimum atomic E-state index is -1.02. The van der Waals surface area contributed by atoms with E-state index in [4.69, 9.17) is 0 Å². The minimum Gasteiger partial charge on any atom is -0.476 e. The number of carboxylic acid groups (broad SMARTS) is 1. The van der Waals surface area contributed by atoms with Gasteiger partial charge in [0.25, 0.3) is 0 Å². The number of unbranched alkanes of at least 4 members (excludes halogenated alkanes) is 1. The van der Waals surface area contributed by atoms with Crippen molar-refractivity contribution < 1.29 is 9.90 Å². The summed E-state index contributed by atoms with van der Waals surface area (Å²) in [6.45, 7) is 5.08. The Labute approximate surface area is 128 Å². The van der Waals surface area contributed by atoms with Crippen molar-refractivity contribution in [3.63, 3.8) is 0 Å². The number of thiophene rings is 1. The van der Waals surface area contributed by atoms with E-state index >= 15 is 0 Å². The van der Waals surface area contributed by atoms with Crippen molar-refractivity contribution in [2.24, 2.45) is 5.92 Å². The van der Waals surface area contributed by atoms with Crippen LogP contribution in [0.1, 0.15) is 50.0 Å². The Morgan fingerprint density at radius 1 is 1.48 bits per heavy atom. The predicted molar refractivity (Wildman–Crippen MR) is 83.6 cm³/mol. The summed E-state index contributed by atoms with van der Waals surface area (Å²) in [7, 11) is 0. The molecule has 0 spiro atoms. The second-order valence-corrected chi connectivity index (χ2v) is 6.12. The summed E-state index contributed by atoms with van der Waals surface area (Å²) in [5.74, 6) is -0.515. The summed E-state index contributed by atoms with van der Waals surface area (Å²) in [4.78, 5) is 12.3. The highest BCUT2D eigenvalue weighted by atomic mass is 32.1. The molecular formula is C15H21N3O2S. The Bertz CT molecular complexity index is 578. The summed E-state index contributed by atoms with van der Waals surface area (Å²) in [6, 6.07) is 3.83. The molecular weight excluding hydrogens is 286 g/mol. The van der Waals surface area contributed by atoms with E-state index in [1.54, 1.807) is 4.68 Å². The number of rotatable bonds is 8. The van der Waals surface area contributed by atoms with Crippen LogP contribution in [0.4, 0.5) is 0 Å². The summed E-state index contributed by atoms with van der Waals surface area (Å²) < 4.78 is 1.76. The van der Waals surface area contributed by atoms with Gasteiger partial charge in [0, 0.05) is 6.54 Å². The van der Waals surface area contributed by atoms with Crippen molar-refractivity contribution in [1.82, 2.24) is 15.0 Å². The van der Waals surface area contributed by atoms with Crippen molar-refractivity contribution >= 4 is 17.3 Å². The lowest BCUT2D eigenvalue weighted by Gasteiger charge is -2.15. The van der Waals surface area contributed by atoms with Crippen molar-refractivity contribution in [3.05, 3.63) is 23.2 Å². The highest BCUT2D eigenvalue weighted by Crippen LogP contribution is 2.28. The van der Waals surface area contributed by atoms with E-state index in [1.807, 2.05) is 17.5 Å². The first kappa shape index (κ1) is 15.7. The molecule has 0 aromatic carbocycles. The predicted octanol–water partition coefficient (Wildman–Crippen LogP) is 3.92. The molecule has 0 saturated heterocycles. The Morgan fingerprint density at radius 2 is 2.29 bits per heavy atom. The molecule has 0 fully saturated rings. The van der Waals surface area contributed by atoms with Crippen molar-refractivity contribution in [1.29, 1.82) is 0 Å². The van der Waals surface area contributed by atoms with Crippen LogP contribution in [0, 0.1) is 5.92 Å². The monoisotopic (exact) mass is 307 g/mol. The van der Waals surface area contributed by atoms with Crippen molar-refractivity contribution in [3.8, 4) is 10.6 Å². The summed E-state index contributed by atoms with van der Waals surface area (Å²) in [5, 5.41) is 19.2. The van der Waals surface area contributed by atoms with Gasteiger partial charge in [0.1, 0.15) is 5.69 Å². The third kappa shape index (κ3) is 3.69. The normalized spacial score (nSPS) is 12.5. The maximum absolute atomic E-state index is 11.3.